The van der Waals surface area contributed by atoms with Crippen LogP contribution in [0.1, 0.15) is 0 Å². The Kier molecular flexibility index (Phi) is 4.80. The van der Waals surface area contributed by atoms with Gasteiger partial charge in [0.25, 0.3) is 20.2 Å². The average molecular weight is 356 g/mol. The number of nitrogens with one attached hydrogen (secondary N) is 1. The molecule has 3 N–H and O–H groups in total. The quantitative estimate of drug-likeness (QED) is 0.595. The Balaban J connectivity index is 0.000000326. The molecular weight excluding hydrogens is 344 g/mol. The third-order valence-electron chi connectivity index (χ3n) is 2.80. The van der Waals surface area contributed by atoms with Gasteiger partial charge in [0.2, 0.25) is 0 Å². The van der Waals surface area contributed by atoms with Crippen molar-refractivity contribution in [3.05, 3.63) is 55.1 Å². The first-order valence-corrected chi connectivity index (χ1v) is 8.99. The maximum atomic E-state index is 11.2. The van der Waals surface area contributed by atoms with Crippen LogP contribution in [-0.4, -0.2) is 35.9 Å². The summed E-state index contributed by atoms with van der Waals surface area (Å²) in [6.07, 6.45) is 5.08. The van der Waals surface area contributed by atoms with E-state index in [2.05, 4.69) is 9.97 Å². The summed E-state index contributed by atoms with van der Waals surface area (Å²) in [6.45, 7) is 0. The molecule has 0 bridgehead atoms. The molecule has 0 fully saturated rings. The zero-order chi connectivity index (χ0) is 17.1. The summed E-state index contributed by atoms with van der Waals surface area (Å²) in [5.41, 5.74) is 0. The van der Waals surface area contributed by atoms with Crippen molar-refractivity contribution in [3.8, 4) is 0 Å². The van der Waals surface area contributed by atoms with E-state index in [9.17, 15) is 16.8 Å². The van der Waals surface area contributed by atoms with E-state index in [0.29, 0.717) is 0 Å². The molecule has 0 aliphatic rings. The summed E-state index contributed by atoms with van der Waals surface area (Å²) < 4.78 is 62.7. The number of imidazole rings is 1. The van der Waals surface area contributed by atoms with Gasteiger partial charge in [0.05, 0.1) is 6.33 Å². The largest absolute Gasteiger partial charge is 0.351 e. The molecule has 0 saturated heterocycles. The third kappa shape index (κ3) is 4.13. The number of aromatic nitrogens is 2. The van der Waals surface area contributed by atoms with Crippen molar-refractivity contribution < 1.29 is 25.9 Å². The number of hydrogen-bond donors (Lipinski definition) is 3. The highest BCUT2D eigenvalue weighted by molar-refractivity contribution is 7.86. The Morgan fingerprint density at radius 3 is 1.57 bits per heavy atom. The van der Waals surface area contributed by atoms with Crippen molar-refractivity contribution in [3.63, 3.8) is 0 Å². The topological polar surface area (TPSA) is 137 Å². The second-order valence-electron chi connectivity index (χ2n) is 4.32. The van der Waals surface area contributed by atoms with Crippen molar-refractivity contribution >= 4 is 31.0 Å². The van der Waals surface area contributed by atoms with Crippen molar-refractivity contribution in [2.24, 2.45) is 0 Å². The van der Waals surface area contributed by atoms with Crippen LogP contribution in [0.4, 0.5) is 0 Å². The Bertz CT molecular complexity index is 923. The molecule has 0 spiro atoms. The third-order valence-corrected chi connectivity index (χ3v) is 4.63. The predicted molar refractivity (Wildman–Crippen MR) is 82.2 cm³/mol. The molecular formula is C13H12N2O6S2. The van der Waals surface area contributed by atoms with Crippen LogP contribution in [0.3, 0.4) is 0 Å². The van der Waals surface area contributed by atoms with Gasteiger partial charge in [0, 0.05) is 23.2 Å². The van der Waals surface area contributed by atoms with Crippen LogP contribution < -0.4 is 0 Å². The summed E-state index contributed by atoms with van der Waals surface area (Å²) >= 11 is 0. The van der Waals surface area contributed by atoms with E-state index in [0.717, 1.165) is 12.1 Å². The van der Waals surface area contributed by atoms with Crippen LogP contribution in [0.15, 0.2) is 64.9 Å². The highest BCUT2D eigenvalue weighted by Crippen LogP contribution is 2.27. The standard InChI is InChI=1S/C10H8O6S2.C3H4N2/c11-17(12,13)9-5-1-3-7-8(9)4-2-6-10(7)18(14,15)16;1-2-5-3-4-1/h1-6H,(H,11,12,13)(H,14,15,16);1-3H,(H,4,5). The average Bonchev–Trinajstić information content (AvgIpc) is 3.03. The molecule has 1 aromatic heterocycles. The van der Waals surface area contributed by atoms with Crippen LogP contribution in [0.25, 0.3) is 10.8 Å². The molecule has 0 atom stereocenters. The number of rotatable bonds is 2. The van der Waals surface area contributed by atoms with Crippen molar-refractivity contribution in [2.75, 3.05) is 0 Å². The van der Waals surface area contributed by atoms with Crippen LogP contribution in [0.2, 0.25) is 0 Å². The lowest BCUT2D eigenvalue weighted by molar-refractivity contribution is 0.481. The molecule has 10 heteroatoms. The Hall–Kier alpha value is -2.27. The first-order chi connectivity index (χ1) is 10.7. The van der Waals surface area contributed by atoms with Crippen molar-refractivity contribution in [1.29, 1.82) is 0 Å². The minimum absolute atomic E-state index is 0.0233. The fraction of sp³-hybridized carbons (Fsp3) is 0. The molecule has 0 radical (unpaired) electrons. The molecule has 3 rings (SSSR count). The summed E-state index contributed by atoms with van der Waals surface area (Å²) in [4.78, 5) is 5.59. The van der Waals surface area contributed by atoms with Crippen LogP contribution in [0, 0.1) is 0 Å². The molecule has 3 aromatic rings. The molecule has 2 aromatic carbocycles. The normalized spacial score (nSPS) is 11.7. The maximum absolute atomic E-state index is 11.2. The number of H-pyrrole nitrogens is 1. The van der Waals surface area contributed by atoms with E-state index in [1.807, 2.05) is 0 Å². The van der Waals surface area contributed by atoms with Gasteiger partial charge < -0.3 is 4.98 Å². The number of fused-ring (bicyclic) bond motifs is 1. The van der Waals surface area contributed by atoms with Crippen molar-refractivity contribution in [1.82, 2.24) is 9.97 Å². The van der Waals surface area contributed by atoms with E-state index < -0.39 is 30.0 Å². The van der Waals surface area contributed by atoms with E-state index in [1.165, 1.54) is 24.3 Å². The number of nitrogens with zero attached hydrogens (tertiary/aromatic N) is 1. The van der Waals surface area contributed by atoms with Gasteiger partial charge in [0.1, 0.15) is 9.79 Å². The Morgan fingerprint density at radius 2 is 1.30 bits per heavy atom. The summed E-state index contributed by atoms with van der Waals surface area (Å²) in [5.74, 6) is 0. The lowest BCUT2D eigenvalue weighted by Crippen LogP contribution is -2.02. The zero-order valence-electron chi connectivity index (χ0n) is 11.5. The first-order valence-electron chi connectivity index (χ1n) is 6.11. The van der Waals surface area contributed by atoms with Gasteiger partial charge >= 0.3 is 0 Å². The molecule has 0 saturated carbocycles. The van der Waals surface area contributed by atoms with Crippen molar-refractivity contribution in [2.45, 2.75) is 9.79 Å². The minimum Gasteiger partial charge on any atom is -0.351 e. The van der Waals surface area contributed by atoms with E-state index in [-0.39, 0.29) is 10.8 Å². The summed E-state index contributed by atoms with van der Waals surface area (Å²) in [6, 6.07) is 7.53. The van der Waals surface area contributed by atoms with Crippen LogP contribution in [-0.2, 0) is 20.2 Å². The van der Waals surface area contributed by atoms with Gasteiger partial charge in [-0.05, 0) is 12.1 Å². The summed E-state index contributed by atoms with van der Waals surface area (Å²) in [5, 5.41) is 0.0465. The molecule has 0 aliphatic heterocycles. The SMILES string of the molecule is O=S(=O)(O)c1cccc2c(S(=O)(=O)O)cccc12.c1c[nH]cn1. The molecule has 23 heavy (non-hydrogen) atoms. The Morgan fingerprint density at radius 1 is 0.826 bits per heavy atom. The Labute approximate surface area is 132 Å². The highest BCUT2D eigenvalue weighted by atomic mass is 32.2. The molecule has 122 valence electrons. The van der Waals surface area contributed by atoms with E-state index in [4.69, 9.17) is 9.11 Å². The molecule has 8 nitrogen and oxygen atoms in total. The van der Waals surface area contributed by atoms with E-state index in [1.54, 1.807) is 18.7 Å². The van der Waals surface area contributed by atoms with E-state index >= 15 is 0 Å². The minimum atomic E-state index is -4.47. The lowest BCUT2D eigenvalue weighted by Gasteiger charge is -2.06. The van der Waals surface area contributed by atoms with Gasteiger partial charge in [-0.15, -0.1) is 0 Å². The highest BCUT2D eigenvalue weighted by Gasteiger charge is 2.18. The second kappa shape index (κ2) is 6.46. The lowest BCUT2D eigenvalue weighted by atomic mass is 10.1. The smallest absolute Gasteiger partial charge is 0.295 e. The molecule has 0 amide bonds. The maximum Gasteiger partial charge on any atom is 0.295 e. The molecule has 0 aliphatic carbocycles. The number of hydrogen-bond acceptors (Lipinski definition) is 5. The van der Waals surface area contributed by atoms with Crippen LogP contribution in [0.5, 0.6) is 0 Å². The van der Waals surface area contributed by atoms with Gasteiger partial charge in [-0.3, -0.25) is 9.11 Å². The van der Waals surface area contributed by atoms with Gasteiger partial charge in [-0.1, -0.05) is 24.3 Å². The number of benzene rings is 2. The van der Waals surface area contributed by atoms with Gasteiger partial charge in [-0.2, -0.15) is 16.8 Å². The molecule has 0 unspecified atom stereocenters. The number of aromatic amines is 1. The van der Waals surface area contributed by atoms with Gasteiger partial charge in [-0.25, -0.2) is 4.98 Å². The second-order valence-corrected chi connectivity index (χ2v) is 7.10. The monoisotopic (exact) mass is 356 g/mol. The van der Waals surface area contributed by atoms with Gasteiger partial charge in [0.15, 0.2) is 0 Å². The fourth-order valence-corrected chi connectivity index (χ4v) is 3.33. The predicted octanol–water partition coefficient (Wildman–Crippen LogP) is 1.74. The molecule has 1 heterocycles. The summed E-state index contributed by atoms with van der Waals surface area (Å²) in [7, 11) is -8.94. The fourth-order valence-electron chi connectivity index (χ4n) is 1.92. The zero-order valence-corrected chi connectivity index (χ0v) is 13.1. The first kappa shape index (κ1) is 17.1. The van der Waals surface area contributed by atoms with Crippen LogP contribution >= 0.6 is 0 Å².